The smallest absolute Gasteiger partial charge is 0.206 e. The molecular weight excluding hydrogens is 316 g/mol. The van der Waals surface area contributed by atoms with Crippen LogP contribution in [0, 0.1) is 0 Å². The van der Waals surface area contributed by atoms with E-state index in [1.54, 1.807) is 35.7 Å². The van der Waals surface area contributed by atoms with Crippen LogP contribution in [0.2, 0.25) is 0 Å². The topological polar surface area (TPSA) is 80.9 Å². The lowest BCUT2D eigenvalue weighted by molar-refractivity contribution is 0.0341. The van der Waals surface area contributed by atoms with E-state index in [1.807, 2.05) is 0 Å². The molecule has 0 radical (unpaired) electrons. The molecule has 0 spiro atoms. The van der Waals surface area contributed by atoms with Crippen molar-refractivity contribution in [1.82, 2.24) is 9.13 Å². The third-order valence-electron chi connectivity index (χ3n) is 3.40. The molecule has 0 unspecified atom stereocenters. The number of aromatic nitrogens is 2. The largest absolute Gasteiger partial charge is 0.382 e. The summed E-state index contributed by atoms with van der Waals surface area (Å²) in [7, 11) is 3.17. The summed E-state index contributed by atoms with van der Waals surface area (Å²) >= 11 is 0. The molecule has 0 saturated carbocycles. The average Bonchev–Trinajstić information content (AvgIpc) is 2.59. The Morgan fingerprint density at radius 3 is 1.54 bits per heavy atom. The second-order valence-electron chi connectivity index (χ2n) is 5.06. The molecule has 2 heterocycles. The number of pyridine rings is 2. The lowest BCUT2D eigenvalue weighted by atomic mass is 10.3. The van der Waals surface area contributed by atoms with Gasteiger partial charge in [0.25, 0.3) is 0 Å². The van der Waals surface area contributed by atoms with Crippen molar-refractivity contribution in [3.63, 3.8) is 0 Å². The van der Waals surface area contributed by atoms with Crippen molar-refractivity contribution in [2.75, 3.05) is 40.6 Å². The molecular formula is C16H22N2O6. The summed E-state index contributed by atoms with van der Waals surface area (Å²) in [6.45, 7) is 2.01. The third-order valence-corrected chi connectivity index (χ3v) is 3.40. The maximum absolute atomic E-state index is 12.3. The fourth-order valence-corrected chi connectivity index (χ4v) is 2.24. The molecule has 0 amide bonds. The number of hydrogen-bond donors (Lipinski definition) is 0. The minimum Gasteiger partial charge on any atom is -0.382 e. The lowest BCUT2D eigenvalue weighted by Crippen LogP contribution is -2.22. The molecule has 0 aliphatic carbocycles. The van der Waals surface area contributed by atoms with Gasteiger partial charge in [0.15, 0.2) is 0 Å². The van der Waals surface area contributed by atoms with Gasteiger partial charge in [0.2, 0.25) is 10.9 Å². The van der Waals surface area contributed by atoms with Gasteiger partial charge in [0.05, 0.1) is 26.4 Å². The summed E-state index contributed by atoms with van der Waals surface area (Å²) < 4.78 is 24.0. The van der Waals surface area contributed by atoms with Gasteiger partial charge in [-0.1, -0.05) is 0 Å². The molecule has 0 aliphatic rings. The first-order valence-corrected chi connectivity index (χ1v) is 7.55. The summed E-state index contributed by atoms with van der Waals surface area (Å²) in [6, 6.07) is 2.82. The van der Waals surface area contributed by atoms with Gasteiger partial charge in [-0.25, -0.2) is 0 Å². The Hall–Kier alpha value is -2.00. The van der Waals surface area contributed by atoms with E-state index in [4.69, 9.17) is 18.9 Å². The van der Waals surface area contributed by atoms with Crippen molar-refractivity contribution in [2.45, 2.75) is 13.5 Å². The SMILES string of the molecule is COCCOCn1ccc(=O)c2c1c(=O)ccn2COCCOC. The second kappa shape index (κ2) is 9.33. The highest BCUT2D eigenvalue weighted by atomic mass is 16.5. The van der Waals surface area contributed by atoms with Crippen LogP contribution in [0.15, 0.2) is 34.1 Å². The van der Waals surface area contributed by atoms with Crippen LogP contribution in [0.4, 0.5) is 0 Å². The first-order chi connectivity index (χ1) is 11.7. The molecule has 2 aromatic heterocycles. The van der Waals surface area contributed by atoms with Gasteiger partial charge in [-0.05, 0) is 0 Å². The fraction of sp³-hybridized carbons (Fsp3) is 0.500. The summed E-state index contributed by atoms with van der Waals surface area (Å²) in [5.74, 6) is 0. The number of methoxy groups -OCH3 is 2. The third kappa shape index (κ3) is 4.51. The van der Waals surface area contributed by atoms with E-state index >= 15 is 0 Å². The quantitative estimate of drug-likeness (QED) is 0.584. The number of rotatable bonds is 10. The van der Waals surface area contributed by atoms with Gasteiger partial charge in [0, 0.05) is 38.7 Å². The van der Waals surface area contributed by atoms with Gasteiger partial charge in [-0.15, -0.1) is 0 Å². The van der Waals surface area contributed by atoms with E-state index in [0.717, 1.165) is 0 Å². The Bertz CT molecular complexity index is 702. The standard InChI is InChI=1S/C16H22N2O6/c1-21-7-9-23-11-17-5-3-14(20)16-15(17)13(19)4-6-18(16)12-24-10-8-22-2/h3-6H,7-12H2,1-2H3. The second-order valence-corrected chi connectivity index (χ2v) is 5.06. The molecule has 0 bridgehead atoms. The van der Waals surface area contributed by atoms with Crippen LogP contribution in [-0.4, -0.2) is 49.8 Å². The zero-order valence-electron chi connectivity index (χ0n) is 13.9. The van der Waals surface area contributed by atoms with Crippen LogP contribution in [0.3, 0.4) is 0 Å². The number of hydrogen-bond acceptors (Lipinski definition) is 6. The Balaban J connectivity index is 2.31. The molecule has 0 aromatic carbocycles. The van der Waals surface area contributed by atoms with Crippen molar-refractivity contribution in [3.8, 4) is 0 Å². The van der Waals surface area contributed by atoms with Crippen LogP contribution in [0.25, 0.3) is 11.0 Å². The Morgan fingerprint density at radius 2 is 1.17 bits per heavy atom. The molecule has 24 heavy (non-hydrogen) atoms. The Morgan fingerprint density at radius 1 is 0.750 bits per heavy atom. The first kappa shape index (κ1) is 18.3. The van der Waals surface area contributed by atoms with Gasteiger partial charge in [0.1, 0.15) is 24.5 Å². The van der Waals surface area contributed by atoms with Crippen molar-refractivity contribution in [3.05, 3.63) is 45.0 Å². The van der Waals surface area contributed by atoms with Crippen molar-refractivity contribution < 1.29 is 18.9 Å². The minimum absolute atomic E-state index is 0.157. The maximum atomic E-state index is 12.3. The van der Waals surface area contributed by atoms with Gasteiger partial charge < -0.3 is 28.1 Å². The molecule has 0 fully saturated rings. The first-order valence-electron chi connectivity index (χ1n) is 7.55. The molecule has 8 nitrogen and oxygen atoms in total. The molecule has 0 saturated heterocycles. The summed E-state index contributed by atoms with van der Waals surface area (Å²) in [5.41, 5.74) is 0.0906. The fourth-order valence-electron chi connectivity index (χ4n) is 2.24. The van der Waals surface area contributed by atoms with Gasteiger partial charge in [-0.3, -0.25) is 9.59 Å². The molecule has 8 heteroatoms. The summed E-state index contributed by atoms with van der Waals surface area (Å²) in [6.07, 6.45) is 3.10. The van der Waals surface area contributed by atoms with Crippen LogP contribution in [0.1, 0.15) is 0 Å². The van der Waals surface area contributed by atoms with E-state index in [0.29, 0.717) is 26.4 Å². The predicted molar refractivity (Wildman–Crippen MR) is 88.1 cm³/mol. The van der Waals surface area contributed by atoms with E-state index in [9.17, 15) is 9.59 Å². The zero-order chi connectivity index (χ0) is 17.4. The number of ether oxygens (including phenoxy) is 4. The van der Waals surface area contributed by atoms with Crippen LogP contribution >= 0.6 is 0 Å². The van der Waals surface area contributed by atoms with Crippen LogP contribution in [0.5, 0.6) is 0 Å². The Labute approximate surface area is 139 Å². The van der Waals surface area contributed by atoms with E-state index < -0.39 is 0 Å². The normalized spacial score (nSPS) is 11.2. The summed E-state index contributed by atoms with van der Waals surface area (Å²) in [5, 5.41) is 0. The van der Waals surface area contributed by atoms with Crippen molar-refractivity contribution in [2.24, 2.45) is 0 Å². The predicted octanol–water partition coefficient (Wildman–Crippen LogP) is 0.404. The van der Waals surface area contributed by atoms with E-state index in [2.05, 4.69) is 0 Å². The molecule has 2 aromatic rings. The monoisotopic (exact) mass is 338 g/mol. The minimum atomic E-state index is -0.244. The van der Waals surface area contributed by atoms with Crippen LogP contribution < -0.4 is 10.9 Å². The van der Waals surface area contributed by atoms with Crippen LogP contribution in [-0.2, 0) is 32.4 Å². The molecule has 132 valence electrons. The van der Waals surface area contributed by atoms with Gasteiger partial charge >= 0.3 is 0 Å². The number of fused-ring (bicyclic) bond motifs is 1. The summed E-state index contributed by atoms with van der Waals surface area (Å²) in [4.78, 5) is 24.5. The highest BCUT2D eigenvalue weighted by molar-refractivity contribution is 5.74. The Kier molecular flexibility index (Phi) is 7.13. The van der Waals surface area contributed by atoms with Gasteiger partial charge in [-0.2, -0.15) is 0 Å². The molecule has 0 aliphatic heterocycles. The van der Waals surface area contributed by atoms with Crippen molar-refractivity contribution in [1.29, 1.82) is 0 Å². The average molecular weight is 338 g/mol. The molecule has 0 atom stereocenters. The molecule has 0 N–H and O–H groups in total. The zero-order valence-corrected chi connectivity index (χ0v) is 13.9. The maximum Gasteiger partial charge on any atom is 0.206 e. The number of nitrogens with zero attached hydrogens (tertiary/aromatic N) is 2. The van der Waals surface area contributed by atoms with Crippen molar-refractivity contribution >= 4 is 11.0 Å². The highest BCUT2D eigenvalue weighted by Crippen LogP contribution is 2.07. The van der Waals surface area contributed by atoms with E-state index in [1.165, 1.54) is 12.1 Å². The molecule has 2 rings (SSSR count). The van der Waals surface area contributed by atoms with E-state index in [-0.39, 0.29) is 35.4 Å². The highest BCUT2D eigenvalue weighted by Gasteiger charge is 2.10. The lowest BCUT2D eigenvalue weighted by Gasteiger charge is -2.14.